The molecule has 0 bridgehead atoms. The predicted molar refractivity (Wildman–Crippen MR) is 91.2 cm³/mol. The SMILES string of the molecule is Cl.O=C(CNCC1CC1)NC1CCN(Cc2ccccc2)C1=O. The Hall–Kier alpha value is -1.59. The third kappa shape index (κ3) is 5.22. The minimum absolute atomic E-state index is 0. The minimum atomic E-state index is -0.362. The highest BCUT2D eigenvalue weighted by Gasteiger charge is 2.32. The van der Waals surface area contributed by atoms with Crippen molar-refractivity contribution in [2.75, 3.05) is 19.6 Å². The number of likely N-dealkylation sites (tertiary alicyclic amines) is 1. The van der Waals surface area contributed by atoms with Gasteiger partial charge >= 0.3 is 0 Å². The van der Waals surface area contributed by atoms with Gasteiger partial charge in [0.15, 0.2) is 0 Å². The summed E-state index contributed by atoms with van der Waals surface area (Å²) >= 11 is 0. The molecule has 6 heteroatoms. The number of nitrogens with zero attached hydrogens (tertiary/aromatic N) is 1. The number of hydrogen-bond donors (Lipinski definition) is 2. The third-order valence-electron chi connectivity index (χ3n) is 4.26. The van der Waals surface area contributed by atoms with E-state index in [1.807, 2.05) is 35.2 Å². The molecule has 1 atom stereocenters. The second-order valence-electron chi connectivity index (χ2n) is 6.23. The van der Waals surface area contributed by atoms with Crippen molar-refractivity contribution in [3.63, 3.8) is 0 Å². The highest BCUT2D eigenvalue weighted by atomic mass is 35.5. The number of hydrogen-bond acceptors (Lipinski definition) is 3. The van der Waals surface area contributed by atoms with Crippen molar-refractivity contribution in [1.82, 2.24) is 15.5 Å². The van der Waals surface area contributed by atoms with Crippen LogP contribution in [0.4, 0.5) is 0 Å². The molecule has 2 fully saturated rings. The van der Waals surface area contributed by atoms with Crippen molar-refractivity contribution >= 4 is 24.2 Å². The van der Waals surface area contributed by atoms with E-state index < -0.39 is 0 Å². The van der Waals surface area contributed by atoms with Gasteiger partial charge < -0.3 is 15.5 Å². The number of carbonyl (C=O) groups is 2. The lowest BCUT2D eigenvalue weighted by molar-refractivity contribution is -0.132. The largest absolute Gasteiger partial charge is 0.343 e. The highest BCUT2D eigenvalue weighted by Crippen LogP contribution is 2.27. The van der Waals surface area contributed by atoms with Crippen LogP contribution in [0.3, 0.4) is 0 Å². The van der Waals surface area contributed by atoms with E-state index in [-0.39, 0.29) is 30.3 Å². The maximum Gasteiger partial charge on any atom is 0.245 e. The van der Waals surface area contributed by atoms with Crippen LogP contribution in [0.1, 0.15) is 24.8 Å². The number of rotatable bonds is 7. The highest BCUT2D eigenvalue weighted by molar-refractivity contribution is 5.89. The first kappa shape index (κ1) is 17.8. The fourth-order valence-corrected chi connectivity index (χ4v) is 2.79. The van der Waals surface area contributed by atoms with Gasteiger partial charge in [-0.25, -0.2) is 0 Å². The van der Waals surface area contributed by atoms with Gasteiger partial charge in [-0.05, 0) is 37.3 Å². The fourth-order valence-electron chi connectivity index (χ4n) is 2.79. The average Bonchev–Trinajstić information content (AvgIpc) is 3.29. The summed E-state index contributed by atoms with van der Waals surface area (Å²) in [5.74, 6) is 0.697. The van der Waals surface area contributed by atoms with Crippen LogP contribution in [0, 0.1) is 5.92 Å². The topological polar surface area (TPSA) is 61.4 Å². The zero-order chi connectivity index (χ0) is 15.4. The Morgan fingerprint density at radius 3 is 2.61 bits per heavy atom. The van der Waals surface area contributed by atoms with Crippen molar-refractivity contribution in [3.8, 4) is 0 Å². The molecule has 23 heavy (non-hydrogen) atoms. The Balaban J connectivity index is 0.00000192. The van der Waals surface area contributed by atoms with Gasteiger partial charge in [0.25, 0.3) is 0 Å². The molecule has 3 rings (SSSR count). The molecule has 1 heterocycles. The van der Waals surface area contributed by atoms with Crippen LogP contribution in [-0.4, -0.2) is 42.4 Å². The van der Waals surface area contributed by atoms with Gasteiger partial charge in [0.05, 0.1) is 6.54 Å². The van der Waals surface area contributed by atoms with Crippen LogP contribution in [0.5, 0.6) is 0 Å². The first-order valence-electron chi connectivity index (χ1n) is 8.05. The molecule has 1 aromatic rings. The smallest absolute Gasteiger partial charge is 0.245 e. The van der Waals surface area contributed by atoms with E-state index in [9.17, 15) is 9.59 Å². The third-order valence-corrected chi connectivity index (χ3v) is 4.26. The molecule has 2 aliphatic rings. The lowest BCUT2D eigenvalue weighted by atomic mass is 10.2. The molecule has 0 radical (unpaired) electrons. The molecule has 1 aromatic carbocycles. The lowest BCUT2D eigenvalue weighted by Gasteiger charge is -2.17. The van der Waals surface area contributed by atoms with E-state index in [4.69, 9.17) is 0 Å². The normalized spacial score (nSPS) is 20.3. The van der Waals surface area contributed by atoms with Crippen LogP contribution in [0.15, 0.2) is 30.3 Å². The van der Waals surface area contributed by atoms with Crippen LogP contribution < -0.4 is 10.6 Å². The van der Waals surface area contributed by atoms with E-state index in [0.29, 0.717) is 26.1 Å². The zero-order valence-electron chi connectivity index (χ0n) is 13.2. The summed E-state index contributed by atoms with van der Waals surface area (Å²) in [6.07, 6.45) is 3.23. The van der Waals surface area contributed by atoms with Crippen LogP contribution in [0.25, 0.3) is 0 Å². The molecule has 126 valence electrons. The van der Waals surface area contributed by atoms with Crippen molar-refractivity contribution in [2.45, 2.75) is 31.8 Å². The van der Waals surface area contributed by atoms with E-state index in [1.54, 1.807) is 0 Å². The van der Waals surface area contributed by atoms with Gasteiger partial charge in [-0.1, -0.05) is 30.3 Å². The van der Waals surface area contributed by atoms with Gasteiger partial charge in [-0.2, -0.15) is 0 Å². The lowest BCUT2D eigenvalue weighted by Crippen LogP contribution is -2.44. The van der Waals surface area contributed by atoms with Crippen molar-refractivity contribution in [2.24, 2.45) is 5.92 Å². The first-order valence-corrected chi connectivity index (χ1v) is 8.05. The quantitative estimate of drug-likeness (QED) is 0.789. The Bertz CT molecular complexity index is 534. The summed E-state index contributed by atoms with van der Waals surface area (Å²) in [6.45, 7) is 2.53. The Morgan fingerprint density at radius 2 is 1.91 bits per heavy atom. The summed E-state index contributed by atoms with van der Waals surface area (Å²) in [4.78, 5) is 26.0. The maximum absolute atomic E-state index is 12.3. The molecule has 0 spiro atoms. The molecule has 1 saturated heterocycles. The summed E-state index contributed by atoms with van der Waals surface area (Å²) in [5.41, 5.74) is 1.12. The summed E-state index contributed by atoms with van der Waals surface area (Å²) in [5, 5.41) is 6.00. The van der Waals surface area contributed by atoms with Gasteiger partial charge in [0, 0.05) is 13.1 Å². The van der Waals surface area contributed by atoms with E-state index in [1.165, 1.54) is 12.8 Å². The van der Waals surface area contributed by atoms with Crippen LogP contribution >= 0.6 is 12.4 Å². The van der Waals surface area contributed by atoms with Crippen LogP contribution in [-0.2, 0) is 16.1 Å². The predicted octanol–water partition coefficient (Wildman–Crippen LogP) is 1.33. The number of carbonyl (C=O) groups excluding carboxylic acids is 2. The first-order chi connectivity index (χ1) is 10.7. The monoisotopic (exact) mass is 337 g/mol. The molecule has 0 aromatic heterocycles. The Morgan fingerprint density at radius 1 is 1.17 bits per heavy atom. The van der Waals surface area contributed by atoms with Gasteiger partial charge in [-0.15, -0.1) is 12.4 Å². The summed E-state index contributed by atoms with van der Waals surface area (Å²) in [6, 6.07) is 9.58. The molecule has 1 unspecified atom stereocenters. The zero-order valence-corrected chi connectivity index (χ0v) is 14.0. The number of benzene rings is 1. The van der Waals surface area contributed by atoms with Crippen molar-refractivity contribution in [3.05, 3.63) is 35.9 Å². The van der Waals surface area contributed by atoms with E-state index in [0.717, 1.165) is 18.0 Å². The molecule has 2 amide bonds. The molecule has 1 aliphatic carbocycles. The Kier molecular flexibility index (Phi) is 6.42. The van der Waals surface area contributed by atoms with Gasteiger partial charge in [0.1, 0.15) is 6.04 Å². The number of halogens is 1. The average molecular weight is 338 g/mol. The van der Waals surface area contributed by atoms with Crippen molar-refractivity contribution in [1.29, 1.82) is 0 Å². The molecule has 1 saturated carbocycles. The summed E-state index contributed by atoms with van der Waals surface area (Å²) in [7, 11) is 0. The molecule has 2 N–H and O–H groups in total. The van der Waals surface area contributed by atoms with Crippen molar-refractivity contribution < 1.29 is 9.59 Å². The Labute approximate surface area is 143 Å². The summed E-state index contributed by atoms with van der Waals surface area (Å²) < 4.78 is 0. The van der Waals surface area contributed by atoms with E-state index >= 15 is 0 Å². The molecule has 5 nitrogen and oxygen atoms in total. The van der Waals surface area contributed by atoms with E-state index in [2.05, 4.69) is 10.6 Å². The van der Waals surface area contributed by atoms with Gasteiger partial charge in [-0.3, -0.25) is 9.59 Å². The van der Waals surface area contributed by atoms with Gasteiger partial charge in [0.2, 0.25) is 11.8 Å². The number of amides is 2. The molecular weight excluding hydrogens is 314 g/mol. The minimum Gasteiger partial charge on any atom is -0.343 e. The second kappa shape index (κ2) is 8.31. The standard InChI is InChI=1S/C17H23N3O2.ClH/c21-16(11-18-10-13-6-7-13)19-15-8-9-20(17(15)22)12-14-4-2-1-3-5-14;/h1-5,13,15,18H,6-12H2,(H,19,21);1H. The fraction of sp³-hybridized carbons (Fsp3) is 0.529. The second-order valence-corrected chi connectivity index (χ2v) is 6.23. The number of nitrogens with one attached hydrogen (secondary N) is 2. The maximum atomic E-state index is 12.3. The molecular formula is C17H24ClN3O2. The van der Waals surface area contributed by atoms with Crippen LogP contribution in [0.2, 0.25) is 0 Å². The molecule has 1 aliphatic heterocycles.